The summed E-state index contributed by atoms with van der Waals surface area (Å²) in [6.07, 6.45) is -3.89. The summed E-state index contributed by atoms with van der Waals surface area (Å²) in [5, 5.41) is 39.5. The Balaban J connectivity index is 3.06. The largest absolute Gasteiger partial charge is 0.478 e. The van der Waals surface area contributed by atoms with Crippen LogP contribution in [-0.2, 0) is 9.53 Å². The summed E-state index contributed by atoms with van der Waals surface area (Å²) in [5.74, 6) is -2.13. The maximum atomic E-state index is 11.2. The van der Waals surface area contributed by atoms with Crippen LogP contribution >= 0.6 is 0 Å². The van der Waals surface area contributed by atoms with Crippen LogP contribution < -0.4 is 0 Å². The van der Waals surface area contributed by atoms with Crippen LogP contribution in [0.1, 0.15) is 35.4 Å². The van der Waals surface area contributed by atoms with Crippen molar-refractivity contribution in [3.63, 3.8) is 0 Å². The van der Waals surface area contributed by atoms with Crippen LogP contribution in [0.2, 0.25) is 0 Å². The number of benzene rings is 1. The van der Waals surface area contributed by atoms with Gasteiger partial charge in [-0.1, -0.05) is 0 Å². The number of aliphatic hydroxyl groups is 2. The van der Waals surface area contributed by atoms with Crippen LogP contribution in [0.5, 0.6) is 0 Å². The molecule has 1 aromatic carbocycles. The van der Waals surface area contributed by atoms with Crippen molar-refractivity contribution in [3.8, 4) is 0 Å². The molecular weight excluding hydrogens is 298 g/mol. The molecule has 0 fully saturated rings. The van der Waals surface area contributed by atoms with Gasteiger partial charge in [-0.3, -0.25) is 14.9 Å². The minimum atomic E-state index is -1.73. The Morgan fingerprint density at radius 3 is 2.50 bits per heavy atom. The Bertz CT molecular complexity index is 585. The monoisotopic (exact) mass is 313 g/mol. The Labute approximate surface area is 124 Å². The number of esters is 1. The van der Waals surface area contributed by atoms with Crippen LogP contribution in [-0.4, -0.2) is 44.9 Å². The van der Waals surface area contributed by atoms with Crippen molar-refractivity contribution >= 4 is 17.6 Å². The fourth-order valence-corrected chi connectivity index (χ4v) is 1.79. The van der Waals surface area contributed by atoms with Crippen molar-refractivity contribution < 1.29 is 34.6 Å². The summed E-state index contributed by atoms with van der Waals surface area (Å²) in [5.41, 5.74) is -1.27. The molecule has 9 nitrogen and oxygen atoms in total. The van der Waals surface area contributed by atoms with Gasteiger partial charge in [-0.25, -0.2) is 4.79 Å². The first-order valence-corrected chi connectivity index (χ1v) is 6.31. The minimum Gasteiger partial charge on any atom is -0.478 e. The van der Waals surface area contributed by atoms with E-state index in [9.17, 15) is 29.9 Å². The van der Waals surface area contributed by atoms with Gasteiger partial charge in [-0.2, -0.15) is 0 Å². The fourth-order valence-electron chi connectivity index (χ4n) is 1.79. The smallest absolute Gasteiger partial charge is 0.335 e. The molecule has 0 aliphatic rings. The molecule has 3 N–H and O–H groups in total. The van der Waals surface area contributed by atoms with E-state index in [4.69, 9.17) is 5.11 Å². The fraction of sp³-hybridized carbons (Fsp3) is 0.385. The molecule has 0 radical (unpaired) electrons. The molecule has 120 valence electrons. The normalized spacial score (nSPS) is 13.2. The average Bonchev–Trinajstić information content (AvgIpc) is 2.45. The molecule has 0 aromatic heterocycles. The van der Waals surface area contributed by atoms with Gasteiger partial charge in [0.25, 0.3) is 5.69 Å². The molecule has 0 amide bonds. The quantitative estimate of drug-likeness (QED) is 0.377. The zero-order valence-electron chi connectivity index (χ0n) is 11.6. The molecule has 2 atom stereocenters. The molecule has 0 saturated carbocycles. The number of nitro groups is 1. The number of nitro benzene ring substituents is 1. The lowest BCUT2D eigenvalue weighted by Gasteiger charge is -2.17. The van der Waals surface area contributed by atoms with E-state index in [-0.39, 0.29) is 17.7 Å². The highest BCUT2D eigenvalue weighted by molar-refractivity contribution is 5.88. The van der Waals surface area contributed by atoms with Crippen LogP contribution in [0.25, 0.3) is 0 Å². The van der Waals surface area contributed by atoms with Crippen LogP contribution in [0.15, 0.2) is 18.2 Å². The SMILES string of the molecule is CCOC(=O)CC(O)C(O)c1ccc(C(=O)O)cc1[N+](=O)[O-]. The van der Waals surface area contributed by atoms with Gasteiger partial charge in [-0.15, -0.1) is 0 Å². The number of carbonyl (C=O) groups excluding carboxylic acids is 1. The topological polar surface area (TPSA) is 147 Å². The van der Waals surface area contributed by atoms with Crippen LogP contribution in [0, 0.1) is 10.1 Å². The first-order valence-electron chi connectivity index (χ1n) is 6.31. The van der Waals surface area contributed by atoms with Gasteiger partial charge < -0.3 is 20.1 Å². The molecule has 0 aliphatic heterocycles. The van der Waals surface area contributed by atoms with E-state index < -0.39 is 41.2 Å². The summed E-state index contributed by atoms with van der Waals surface area (Å²) < 4.78 is 4.61. The van der Waals surface area contributed by atoms with Crippen molar-refractivity contribution in [2.24, 2.45) is 0 Å². The van der Waals surface area contributed by atoms with E-state index in [1.807, 2.05) is 0 Å². The molecule has 0 bridgehead atoms. The van der Waals surface area contributed by atoms with Gasteiger partial charge >= 0.3 is 11.9 Å². The highest BCUT2D eigenvalue weighted by Gasteiger charge is 2.29. The molecule has 2 unspecified atom stereocenters. The summed E-state index contributed by atoms with van der Waals surface area (Å²) in [6.45, 7) is 1.66. The van der Waals surface area contributed by atoms with Crippen molar-refractivity contribution in [3.05, 3.63) is 39.4 Å². The molecular formula is C13H15NO8. The number of hydrogen-bond acceptors (Lipinski definition) is 7. The maximum Gasteiger partial charge on any atom is 0.335 e. The third-order valence-electron chi connectivity index (χ3n) is 2.84. The van der Waals surface area contributed by atoms with Crippen LogP contribution in [0.3, 0.4) is 0 Å². The zero-order valence-corrected chi connectivity index (χ0v) is 11.6. The summed E-state index contributed by atoms with van der Waals surface area (Å²) in [4.78, 5) is 32.2. The van der Waals surface area contributed by atoms with Crippen molar-refractivity contribution in [1.29, 1.82) is 0 Å². The highest BCUT2D eigenvalue weighted by Crippen LogP contribution is 2.29. The lowest BCUT2D eigenvalue weighted by molar-refractivity contribution is -0.386. The third-order valence-corrected chi connectivity index (χ3v) is 2.84. The van der Waals surface area contributed by atoms with Gasteiger partial charge in [0.05, 0.1) is 35.2 Å². The van der Waals surface area contributed by atoms with E-state index in [1.165, 1.54) is 0 Å². The number of aliphatic hydroxyl groups excluding tert-OH is 2. The Kier molecular flexibility index (Phi) is 5.96. The lowest BCUT2D eigenvalue weighted by Crippen LogP contribution is -2.24. The third kappa shape index (κ3) is 4.24. The van der Waals surface area contributed by atoms with E-state index >= 15 is 0 Å². The predicted molar refractivity (Wildman–Crippen MR) is 72.3 cm³/mol. The maximum absolute atomic E-state index is 11.2. The van der Waals surface area contributed by atoms with Gasteiger partial charge in [0.2, 0.25) is 0 Å². The second-order valence-corrected chi connectivity index (χ2v) is 4.36. The van der Waals surface area contributed by atoms with E-state index in [0.29, 0.717) is 0 Å². The molecule has 1 aromatic rings. The summed E-state index contributed by atoms with van der Waals surface area (Å²) in [6, 6.07) is 2.86. The summed E-state index contributed by atoms with van der Waals surface area (Å²) in [7, 11) is 0. The molecule has 0 saturated heterocycles. The predicted octanol–water partition coefficient (Wildman–Crippen LogP) is 0.641. The molecule has 1 rings (SSSR count). The first kappa shape index (κ1) is 17.5. The van der Waals surface area contributed by atoms with E-state index in [1.54, 1.807) is 6.92 Å². The Morgan fingerprint density at radius 2 is 2.00 bits per heavy atom. The molecule has 0 spiro atoms. The van der Waals surface area contributed by atoms with Gasteiger partial charge in [0, 0.05) is 6.07 Å². The Morgan fingerprint density at radius 1 is 1.36 bits per heavy atom. The first-order chi connectivity index (χ1) is 10.3. The highest BCUT2D eigenvalue weighted by atomic mass is 16.6. The van der Waals surface area contributed by atoms with Gasteiger partial charge in [0.1, 0.15) is 6.10 Å². The minimum absolute atomic E-state index is 0.0924. The number of rotatable bonds is 7. The summed E-state index contributed by atoms with van der Waals surface area (Å²) >= 11 is 0. The lowest BCUT2D eigenvalue weighted by atomic mass is 9.99. The number of nitrogens with zero attached hydrogens (tertiary/aromatic N) is 1. The van der Waals surface area contributed by atoms with E-state index in [0.717, 1.165) is 18.2 Å². The number of ether oxygens (including phenoxy) is 1. The number of carbonyl (C=O) groups is 2. The Hall–Kier alpha value is -2.52. The number of carboxylic acids is 1. The molecule has 22 heavy (non-hydrogen) atoms. The van der Waals surface area contributed by atoms with E-state index in [2.05, 4.69) is 4.74 Å². The van der Waals surface area contributed by atoms with Gasteiger partial charge in [-0.05, 0) is 19.1 Å². The number of carboxylic acid groups (broad SMARTS) is 1. The second kappa shape index (κ2) is 7.48. The second-order valence-electron chi connectivity index (χ2n) is 4.36. The average molecular weight is 313 g/mol. The van der Waals surface area contributed by atoms with Crippen molar-refractivity contribution in [2.45, 2.75) is 25.6 Å². The molecule has 9 heteroatoms. The van der Waals surface area contributed by atoms with Crippen molar-refractivity contribution in [1.82, 2.24) is 0 Å². The zero-order chi connectivity index (χ0) is 16.9. The van der Waals surface area contributed by atoms with Crippen molar-refractivity contribution in [2.75, 3.05) is 6.61 Å². The molecule has 0 heterocycles. The molecule has 0 aliphatic carbocycles. The number of aromatic carboxylic acids is 1. The van der Waals surface area contributed by atoms with Crippen LogP contribution in [0.4, 0.5) is 5.69 Å². The number of hydrogen-bond donors (Lipinski definition) is 3. The standard InChI is InChI=1S/C13H15NO8/c1-2-22-11(16)6-10(15)12(17)8-4-3-7(13(18)19)5-9(8)14(20)21/h3-5,10,12,15,17H,2,6H2,1H3,(H,18,19). The van der Waals surface area contributed by atoms with Gasteiger partial charge in [0.15, 0.2) is 0 Å².